The van der Waals surface area contributed by atoms with Crippen LogP contribution in [0.25, 0.3) is 10.7 Å². The van der Waals surface area contributed by atoms with Crippen molar-refractivity contribution in [1.29, 1.82) is 0 Å². The zero-order valence-corrected chi connectivity index (χ0v) is 11.8. The van der Waals surface area contributed by atoms with E-state index in [9.17, 15) is 0 Å². The number of hydrogen-bond donors (Lipinski definition) is 1. The Balaban J connectivity index is 1.53. The molecule has 19 heavy (non-hydrogen) atoms. The average molecular weight is 273 g/mol. The van der Waals surface area contributed by atoms with Gasteiger partial charge in [0, 0.05) is 18.1 Å². The molecule has 2 aromatic heterocycles. The van der Waals surface area contributed by atoms with Gasteiger partial charge in [0.2, 0.25) is 0 Å². The highest BCUT2D eigenvalue weighted by molar-refractivity contribution is 7.13. The van der Waals surface area contributed by atoms with Gasteiger partial charge in [-0.2, -0.15) is 0 Å². The first-order chi connectivity index (χ1) is 9.42. The van der Waals surface area contributed by atoms with Crippen LogP contribution in [-0.4, -0.2) is 16.5 Å². The molecule has 0 aliphatic heterocycles. The van der Waals surface area contributed by atoms with E-state index in [-0.39, 0.29) is 0 Å². The molecule has 1 saturated carbocycles. The van der Waals surface area contributed by atoms with Crippen LogP contribution in [0.3, 0.4) is 0 Å². The number of aromatic nitrogens is 2. The van der Waals surface area contributed by atoms with Crippen molar-refractivity contribution < 1.29 is 0 Å². The second-order valence-electron chi connectivity index (χ2n) is 5.14. The summed E-state index contributed by atoms with van der Waals surface area (Å²) in [7, 11) is 0. The molecular weight excluding hydrogens is 254 g/mol. The Hall–Kier alpha value is -1.26. The van der Waals surface area contributed by atoms with Crippen molar-refractivity contribution in [1.82, 2.24) is 15.3 Å². The lowest BCUT2D eigenvalue weighted by Crippen LogP contribution is -2.20. The van der Waals surface area contributed by atoms with Crippen LogP contribution < -0.4 is 5.32 Å². The summed E-state index contributed by atoms with van der Waals surface area (Å²) >= 11 is 1.67. The average Bonchev–Trinajstić information content (AvgIpc) is 3.11. The first-order valence-corrected chi connectivity index (χ1v) is 7.86. The zero-order chi connectivity index (χ0) is 12.9. The van der Waals surface area contributed by atoms with E-state index < -0.39 is 0 Å². The molecule has 0 aromatic carbocycles. The van der Waals surface area contributed by atoms with Gasteiger partial charge >= 0.3 is 0 Å². The number of hydrogen-bond acceptors (Lipinski definition) is 4. The summed E-state index contributed by atoms with van der Waals surface area (Å²) in [6, 6.07) is 5.94. The molecule has 0 saturated heterocycles. The molecule has 3 rings (SSSR count). The molecule has 0 unspecified atom stereocenters. The van der Waals surface area contributed by atoms with Gasteiger partial charge in [-0.15, -0.1) is 11.3 Å². The molecule has 4 heteroatoms. The Bertz CT molecular complexity index is 503. The van der Waals surface area contributed by atoms with Crippen LogP contribution in [-0.2, 0) is 6.54 Å². The maximum atomic E-state index is 4.64. The smallest absolute Gasteiger partial charge is 0.142 e. The van der Waals surface area contributed by atoms with Gasteiger partial charge in [0.25, 0.3) is 0 Å². The summed E-state index contributed by atoms with van der Waals surface area (Å²) in [4.78, 5) is 8.97. The molecule has 1 fully saturated rings. The molecule has 0 bridgehead atoms. The summed E-state index contributed by atoms with van der Waals surface area (Å²) < 4.78 is 0. The van der Waals surface area contributed by atoms with Crippen LogP contribution in [0.2, 0.25) is 0 Å². The summed E-state index contributed by atoms with van der Waals surface area (Å²) in [5.74, 6) is 0.883. The molecule has 1 aliphatic rings. The van der Waals surface area contributed by atoms with Gasteiger partial charge in [0.1, 0.15) is 5.01 Å². The SMILES string of the molecule is c1ccc(-c2nc(CNCC3CCCC3)cs2)nc1. The van der Waals surface area contributed by atoms with Crippen molar-refractivity contribution in [2.75, 3.05) is 6.54 Å². The quantitative estimate of drug-likeness (QED) is 0.906. The molecule has 0 amide bonds. The second-order valence-corrected chi connectivity index (χ2v) is 6.00. The normalized spacial score (nSPS) is 16.0. The fourth-order valence-corrected chi connectivity index (χ4v) is 3.41. The van der Waals surface area contributed by atoms with Gasteiger partial charge < -0.3 is 5.32 Å². The lowest BCUT2D eigenvalue weighted by Gasteiger charge is -2.08. The Kier molecular flexibility index (Phi) is 4.20. The van der Waals surface area contributed by atoms with Crippen LogP contribution in [0.1, 0.15) is 31.4 Å². The Labute approximate surface area is 118 Å². The number of nitrogens with zero attached hydrogens (tertiary/aromatic N) is 2. The molecule has 2 heterocycles. The van der Waals surface area contributed by atoms with Gasteiger partial charge in [-0.1, -0.05) is 18.9 Å². The molecule has 100 valence electrons. The van der Waals surface area contributed by atoms with Crippen LogP contribution in [0.15, 0.2) is 29.8 Å². The van der Waals surface area contributed by atoms with Crippen molar-refractivity contribution in [3.05, 3.63) is 35.5 Å². The predicted molar refractivity (Wildman–Crippen MR) is 79.0 cm³/mol. The van der Waals surface area contributed by atoms with E-state index >= 15 is 0 Å². The highest BCUT2D eigenvalue weighted by atomic mass is 32.1. The van der Waals surface area contributed by atoms with E-state index in [1.807, 2.05) is 24.4 Å². The minimum Gasteiger partial charge on any atom is -0.311 e. The van der Waals surface area contributed by atoms with Crippen molar-refractivity contribution in [3.63, 3.8) is 0 Å². The summed E-state index contributed by atoms with van der Waals surface area (Å²) in [6.45, 7) is 2.01. The van der Waals surface area contributed by atoms with Gasteiger partial charge in [-0.05, 0) is 37.4 Å². The highest BCUT2D eigenvalue weighted by Crippen LogP contribution is 2.24. The van der Waals surface area contributed by atoms with Crippen LogP contribution in [0, 0.1) is 5.92 Å². The van der Waals surface area contributed by atoms with E-state index in [0.29, 0.717) is 0 Å². The number of nitrogens with one attached hydrogen (secondary N) is 1. The Morgan fingerprint density at radius 3 is 2.95 bits per heavy atom. The summed E-state index contributed by atoms with van der Waals surface area (Å²) in [5.41, 5.74) is 2.10. The number of rotatable bonds is 5. The Morgan fingerprint density at radius 1 is 1.26 bits per heavy atom. The van der Waals surface area contributed by atoms with Crippen molar-refractivity contribution in [2.24, 2.45) is 5.92 Å². The van der Waals surface area contributed by atoms with Crippen LogP contribution in [0.4, 0.5) is 0 Å². The summed E-state index contributed by atoms with van der Waals surface area (Å²) in [5, 5.41) is 6.68. The summed E-state index contributed by atoms with van der Waals surface area (Å²) in [6.07, 6.45) is 7.42. The van der Waals surface area contributed by atoms with Gasteiger partial charge in [-0.25, -0.2) is 4.98 Å². The molecule has 0 radical (unpaired) electrons. The molecule has 0 spiro atoms. The number of thiazole rings is 1. The van der Waals surface area contributed by atoms with E-state index in [4.69, 9.17) is 0 Å². The molecule has 2 aromatic rings. The lowest BCUT2D eigenvalue weighted by atomic mass is 10.1. The van der Waals surface area contributed by atoms with Crippen molar-refractivity contribution >= 4 is 11.3 Å². The molecule has 1 N–H and O–H groups in total. The fourth-order valence-electron chi connectivity index (χ4n) is 2.61. The lowest BCUT2D eigenvalue weighted by molar-refractivity contribution is 0.487. The van der Waals surface area contributed by atoms with E-state index in [0.717, 1.165) is 35.4 Å². The molecule has 3 nitrogen and oxygen atoms in total. The van der Waals surface area contributed by atoms with E-state index in [1.165, 1.54) is 25.7 Å². The first-order valence-electron chi connectivity index (χ1n) is 6.98. The first kappa shape index (κ1) is 12.8. The maximum Gasteiger partial charge on any atom is 0.142 e. The maximum absolute atomic E-state index is 4.64. The third-order valence-corrected chi connectivity index (χ3v) is 4.56. The second kappa shape index (κ2) is 6.26. The third kappa shape index (κ3) is 3.39. The van der Waals surface area contributed by atoms with Gasteiger partial charge in [0.15, 0.2) is 0 Å². The van der Waals surface area contributed by atoms with Crippen LogP contribution >= 0.6 is 11.3 Å². The minimum atomic E-state index is 0.875. The highest BCUT2D eigenvalue weighted by Gasteiger charge is 2.14. The molecule has 0 atom stereocenters. The predicted octanol–water partition coefficient (Wildman–Crippen LogP) is 3.48. The van der Waals surface area contributed by atoms with E-state index in [1.54, 1.807) is 11.3 Å². The monoisotopic (exact) mass is 273 g/mol. The minimum absolute atomic E-state index is 0.875. The van der Waals surface area contributed by atoms with Gasteiger partial charge in [-0.3, -0.25) is 4.98 Å². The Morgan fingerprint density at radius 2 is 2.16 bits per heavy atom. The topological polar surface area (TPSA) is 37.8 Å². The largest absolute Gasteiger partial charge is 0.311 e. The molecule has 1 aliphatic carbocycles. The van der Waals surface area contributed by atoms with Gasteiger partial charge in [0.05, 0.1) is 11.4 Å². The van der Waals surface area contributed by atoms with Crippen molar-refractivity contribution in [2.45, 2.75) is 32.2 Å². The standard InChI is InChI=1S/C15H19N3S/c1-2-6-12(5-1)9-16-10-13-11-19-15(18-13)14-7-3-4-8-17-14/h3-4,7-8,11-12,16H,1-2,5-6,9-10H2. The van der Waals surface area contributed by atoms with E-state index in [2.05, 4.69) is 20.7 Å². The molecular formula is C15H19N3S. The van der Waals surface area contributed by atoms with Crippen molar-refractivity contribution in [3.8, 4) is 10.7 Å². The fraction of sp³-hybridized carbons (Fsp3) is 0.467. The van der Waals surface area contributed by atoms with Crippen LogP contribution in [0.5, 0.6) is 0 Å². The number of pyridine rings is 1. The third-order valence-electron chi connectivity index (χ3n) is 3.65. The zero-order valence-electron chi connectivity index (χ0n) is 11.0.